The Morgan fingerprint density at radius 3 is 0.593 bits per heavy atom. The summed E-state index contributed by atoms with van der Waals surface area (Å²) in [4.78, 5) is 2.94. The van der Waals surface area contributed by atoms with E-state index in [1.807, 2.05) is 0 Å². The van der Waals surface area contributed by atoms with Crippen molar-refractivity contribution in [3.8, 4) is 0 Å². The van der Waals surface area contributed by atoms with E-state index in [2.05, 4.69) is 39.5 Å². The second-order valence-corrected chi connectivity index (χ2v) is 19.0. The van der Waals surface area contributed by atoms with Crippen molar-refractivity contribution in [2.24, 2.45) is 0 Å². The largest absolute Gasteiger partial charge is 0.298 e. The van der Waals surface area contributed by atoms with Gasteiger partial charge in [0.05, 0.1) is 0 Å². The van der Waals surface area contributed by atoms with Gasteiger partial charge in [0, 0.05) is 5.54 Å². The lowest BCUT2D eigenvalue weighted by Gasteiger charge is -2.39. The summed E-state index contributed by atoms with van der Waals surface area (Å²) in [5.74, 6) is 0. The molecule has 0 aromatic heterocycles. The average Bonchev–Trinajstić information content (AvgIpc) is 3.17. The van der Waals surface area contributed by atoms with Gasteiger partial charge < -0.3 is 0 Å². The normalized spacial score (nSPS) is 12.1. The number of unbranched alkanes of at least 4 members (excludes halogenated alkanes) is 41. The molecule has 0 aliphatic rings. The van der Waals surface area contributed by atoms with Crippen LogP contribution in [-0.2, 0) is 0 Å². The van der Waals surface area contributed by atoms with Crippen LogP contribution in [0.2, 0.25) is 0 Å². The predicted octanol–water partition coefficient (Wildman–Crippen LogP) is 19.7. The summed E-state index contributed by atoms with van der Waals surface area (Å²) in [5.41, 5.74) is 0.365. The highest BCUT2D eigenvalue weighted by Crippen LogP contribution is 2.25. The lowest BCUT2D eigenvalue weighted by Crippen LogP contribution is -2.45. The Morgan fingerprint density at radius 2 is 0.389 bits per heavy atom. The van der Waals surface area contributed by atoms with Gasteiger partial charge in [-0.25, -0.2) is 0 Å². The molecule has 0 aromatic rings. The molecule has 0 aliphatic carbocycles. The van der Waals surface area contributed by atoms with Crippen LogP contribution < -0.4 is 0 Å². The van der Waals surface area contributed by atoms with E-state index in [1.54, 1.807) is 0 Å². The van der Waals surface area contributed by atoms with E-state index < -0.39 is 0 Å². The fourth-order valence-electron chi connectivity index (χ4n) is 8.98. The van der Waals surface area contributed by atoms with E-state index >= 15 is 0 Å². The molecule has 0 saturated carbocycles. The smallest absolute Gasteiger partial charge is 0.0153 e. The molecule has 0 atom stereocenters. The first-order chi connectivity index (χ1) is 26.6. The molecule has 0 N–H and O–H groups in total. The van der Waals surface area contributed by atoms with E-state index in [-0.39, 0.29) is 0 Å². The number of nitrogens with zero attached hydrogens (tertiary/aromatic N) is 1. The van der Waals surface area contributed by atoms with E-state index in [0.29, 0.717) is 5.54 Å². The summed E-state index contributed by atoms with van der Waals surface area (Å²) in [7, 11) is 0. The molecular weight excluding hydrogens is 651 g/mol. The maximum atomic E-state index is 2.94. The molecule has 54 heavy (non-hydrogen) atoms. The Kier molecular flexibility index (Phi) is 45.6. The molecule has 0 unspecified atom stereocenters. The first-order valence-electron chi connectivity index (χ1n) is 26.3. The third-order valence-corrected chi connectivity index (χ3v) is 13.1. The molecule has 0 bridgehead atoms. The third kappa shape index (κ3) is 41.6. The van der Waals surface area contributed by atoms with Gasteiger partial charge in [-0.3, -0.25) is 4.90 Å². The maximum Gasteiger partial charge on any atom is 0.0153 e. The van der Waals surface area contributed by atoms with Crippen LogP contribution in [0.15, 0.2) is 0 Å². The van der Waals surface area contributed by atoms with E-state index in [0.717, 1.165) is 0 Å². The van der Waals surface area contributed by atoms with Gasteiger partial charge in [0.15, 0.2) is 0 Å². The minimum atomic E-state index is 0.365. The van der Waals surface area contributed by atoms with Crippen molar-refractivity contribution in [3.63, 3.8) is 0 Å². The zero-order chi connectivity index (χ0) is 39.3. The van der Waals surface area contributed by atoms with Gasteiger partial charge in [-0.2, -0.15) is 0 Å². The van der Waals surface area contributed by atoms with Crippen LogP contribution in [0.1, 0.15) is 324 Å². The lowest BCUT2D eigenvalue weighted by molar-refractivity contribution is 0.102. The van der Waals surface area contributed by atoms with Crippen molar-refractivity contribution in [3.05, 3.63) is 0 Å². The Hall–Kier alpha value is -0.0400. The first-order valence-corrected chi connectivity index (χ1v) is 26.3. The van der Waals surface area contributed by atoms with Gasteiger partial charge in [0.25, 0.3) is 0 Å². The van der Waals surface area contributed by atoms with E-state index in [9.17, 15) is 0 Å². The van der Waals surface area contributed by atoms with Crippen molar-refractivity contribution in [1.29, 1.82) is 0 Å². The Morgan fingerprint density at radius 1 is 0.222 bits per heavy atom. The molecule has 0 radical (unpaired) electrons. The average molecular weight is 760 g/mol. The van der Waals surface area contributed by atoms with Gasteiger partial charge >= 0.3 is 0 Å². The minimum Gasteiger partial charge on any atom is -0.298 e. The van der Waals surface area contributed by atoms with Crippen molar-refractivity contribution in [2.45, 2.75) is 329 Å². The first kappa shape index (κ1) is 54.0. The van der Waals surface area contributed by atoms with Gasteiger partial charge in [-0.05, 0) is 46.2 Å². The Labute approximate surface area is 345 Å². The summed E-state index contributed by atoms with van der Waals surface area (Å²) in [6.07, 6.45) is 65.6. The molecular formula is C53H109N. The third-order valence-electron chi connectivity index (χ3n) is 13.1. The van der Waals surface area contributed by atoms with Gasteiger partial charge in [-0.1, -0.05) is 290 Å². The van der Waals surface area contributed by atoms with E-state index in [4.69, 9.17) is 0 Å². The van der Waals surface area contributed by atoms with Gasteiger partial charge in [0.1, 0.15) is 0 Å². The van der Waals surface area contributed by atoms with Crippen LogP contribution in [0.3, 0.4) is 0 Å². The van der Waals surface area contributed by atoms with Crippen LogP contribution in [0.25, 0.3) is 0 Å². The molecule has 0 rings (SSSR count). The second-order valence-electron chi connectivity index (χ2n) is 19.0. The lowest BCUT2D eigenvalue weighted by atomic mass is 9.92. The topological polar surface area (TPSA) is 3.24 Å². The molecule has 1 nitrogen and oxygen atoms in total. The SMILES string of the molecule is CCCCCCCCCCCCCCCCCCN(CCCCCCCCCCCCCCCCCC)C(C)(C)CCCCCCCCCCCCCC. The summed E-state index contributed by atoms with van der Waals surface area (Å²) < 4.78 is 0. The van der Waals surface area contributed by atoms with Crippen LogP contribution in [-0.4, -0.2) is 23.5 Å². The Bertz CT molecular complexity index is 618. The molecule has 0 amide bonds. The van der Waals surface area contributed by atoms with E-state index in [1.165, 1.54) is 302 Å². The van der Waals surface area contributed by atoms with Crippen LogP contribution in [0.4, 0.5) is 0 Å². The van der Waals surface area contributed by atoms with Gasteiger partial charge in [-0.15, -0.1) is 0 Å². The standard InChI is InChI=1S/C53H109N/c1-6-9-12-15-18-21-24-27-29-31-33-36-39-42-45-48-51-54(53(4,5)50-47-44-41-38-35-26-23-20-17-14-11-8-3)52-49-46-43-40-37-34-32-30-28-25-22-19-16-13-10-7-2/h6-52H2,1-5H3. The predicted molar refractivity (Wildman–Crippen MR) is 250 cm³/mol. The van der Waals surface area contributed by atoms with Crippen LogP contribution in [0.5, 0.6) is 0 Å². The highest BCUT2D eigenvalue weighted by atomic mass is 15.2. The van der Waals surface area contributed by atoms with Crippen molar-refractivity contribution >= 4 is 0 Å². The van der Waals surface area contributed by atoms with Crippen LogP contribution >= 0.6 is 0 Å². The molecule has 1 heteroatoms. The highest BCUT2D eigenvalue weighted by Gasteiger charge is 2.25. The monoisotopic (exact) mass is 760 g/mol. The molecule has 0 aliphatic heterocycles. The summed E-state index contributed by atoms with van der Waals surface area (Å²) in [6.45, 7) is 14.8. The summed E-state index contributed by atoms with van der Waals surface area (Å²) >= 11 is 0. The van der Waals surface area contributed by atoms with Crippen molar-refractivity contribution in [2.75, 3.05) is 13.1 Å². The summed E-state index contributed by atoms with van der Waals surface area (Å²) in [6, 6.07) is 0. The quantitative estimate of drug-likeness (QED) is 0.0559. The molecule has 0 heterocycles. The fraction of sp³-hybridized carbons (Fsp3) is 1.00. The number of hydrogen-bond acceptors (Lipinski definition) is 1. The number of hydrogen-bond donors (Lipinski definition) is 0. The Balaban J connectivity index is 4.19. The highest BCUT2D eigenvalue weighted by molar-refractivity contribution is 4.82. The molecule has 0 saturated heterocycles. The zero-order valence-electron chi connectivity index (χ0n) is 39.2. The van der Waals surface area contributed by atoms with Crippen molar-refractivity contribution < 1.29 is 0 Å². The molecule has 0 fully saturated rings. The van der Waals surface area contributed by atoms with Gasteiger partial charge in [0.2, 0.25) is 0 Å². The minimum absolute atomic E-state index is 0.365. The molecule has 0 spiro atoms. The van der Waals surface area contributed by atoms with Crippen molar-refractivity contribution in [1.82, 2.24) is 4.90 Å². The maximum absolute atomic E-state index is 2.94. The zero-order valence-corrected chi connectivity index (χ0v) is 39.2. The number of rotatable bonds is 48. The fourth-order valence-corrected chi connectivity index (χ4v) is 8.98. The second kappa shape index (κ2) is 45.7. The van der Waals surface area contributed by atoms with Crippen LogP contribution in [0, 0.1) is 0 Å². The molecule has 0 aromatic carbocycles. The molecule has 326 valence electrons. The summed E-state index contributed by atoms with van der Waals surface area (Å²) in [5, 5.41) is 0.